The molecule has 0 amide bonds. The number of aliphatic hydroxyl groups excluding tert-OH is 3. The number of hydrogen-bond acceptors (Lipinski definition) is 11. The molecule has 2 fully saturated rings. The number of ether oxygens (including phenoxy) is 4. The number of aliphatic hydroxyl groups is 3. The molecule has 2 rings (SSSR count). The molecule has 12 atom stereocenters. The average Bonchev–Trinajstić information content (AvgIpc) is 2.55. The van der Waals surface area contributed by atoms with Gasteiger partial charge in [0.25, 0.3) is 0 Å². The summed E-state index contributed by atoms with van der Waals surface area (Å²) >= 11 is -5.68. The molecular weight excluding hydrogens is 586 g/mol. The molecule has 2 aliphatic rings. The first-order valence-electron chi connectivity index (χ1n) is 7.79. The third kappa shape index (κ3) is 5.39. The maximum Gasteiger partial charge on any atom is 0.186 e. The normalized spacial score (nSPS) is 47.7. The molecule has 0 aromatic rings. The van der Waals surface area contributed by atoms with Crippen molar-refractivity contribution in [2.24, 2.45) is 5.92 Å². The van der Waals surface area contributed by atoms with E-state index in [0.29, 0.717) is 0 Å². The Kier molecular flexibility index (Phi) is 10.0. The summed E-state index contributed by atoms with van der Waals surface area (Å²) in [5, 5.41) is 27.0. The van der Waals surface area contributed by atoms with Gasteiger partial charge in [-0.25, -0.2) is 0 Å². The van der Waals surface area contributed by atoms with Gasteiger partial charge in [0, 0.05) is 32.8 Å². The Bertz CT molecular complexity index is 540. The van der Waals surface area contributed by atoms with Crippen LogP contribution in [-0.4, -0.2) is 93.7 Å². The molecule has 2 heterocycles. The fourth-order valence-electron chi connectivity index (χ4n) is 2.97. The van der Waals surface area contributed by atoms with Gasteiger partial charge in [0.15, 0.2) is 18.9 Å². The van der Waals surface area contributed by atoms with E-state index in [1.807, 2.05) is 0 Å². The third-order valence-corrected chi connectivity index (χ3v) is 6.58. The van der Waals surface area contributed by atoms with Gasteiger partial charge in [0.1, 0.15) is 17.5 Å². The van der Waals surface area contributed by atoms with Gasteiger partial charge in [0.2, 0.25) is 0 Å². The summed E-state index contributed by atoms with van der Waals surface area (Å²) in [5.74, 6) is -0.529. The van der Waals surface area contributed by atoms with E-state index in [1.54, 1.807) is 13.8 Å². The first-order chi connectivity index (χ1) is 12.1. The topological polar surface area (TPSA) is 178 Å². The molecule has 11 nitrogen and oxygen atoms in total. The van der Waals surface area contributed by atoms with Crippen molar-refractivity contribution in [2.75, 3.05) is 7.11 Å². The minimum atomic E-state index is -2.87. The first kappa shape index (κ1) is 25.6. The van der Waals surface area contributed by atoms with Crippen molar-refractivity contribution in [3.8, 4) is 0 Å². The molecule has 0 radical (unpaired) electrons. The summed E-state index contributed by atoms with van der Waals surface area (Å²) in [6.45, 7) is 3.18. The van der Waals surface area contributed by atoms with Crippen LogP contribution < -0.4 is 0 Å². The summed E-state index contributed by atoms with van der Waals surface area (Å²) in [7, 11) is 1.13. The Morgan fingerprint density at radius 2 is 1.48 bits per heavy atom. The maximum absolute atomic E-state index is 11.6. The van der Waals surface area contributed by atoms with E-state index < -0.39 is 81.9 Å². The molecule has 2 saturated heterocycles. The van der Waals surface area contributed by atoms with E-state index in [4.69, 9.17) is 18.9 Å². The predicted octanol–water partition coefficient (Wildman–Crippen LogP) is -2.71. The molecule has 0 aromatic heterocycles. The van der Waals surface area contributed by atoms with Crippen molar-refractivity contribution in [1.29, 1.82) is 0 Å². The zero-order valence-corrected chi connectivity index (χ0v) is 18.7. The monoisotopic (exact) mass is 610 g/mol. The zero-order chi connectivity index (χ0) is 19.8. The van der Waals surface area contributed by atoms with Crippen molar-refractivity contribution < 1.29 is 71.6 Å². The Morgan fingerprint density at radius 3 is 1.96 bits per heavy atom. The Morgan fingerprint density at radius 1 is 0.926 bits per heavy atom. The Labute approximate surface area is 174 Å². The van der Waals surface area contributed by atoms with Crippen molar-refractivity contribution in [2.45, 2.75) is 67.6 Å². The summed E-state index contributed by atoms with van der Waals surface area (Å²) in [5.41, 5.74) is 0. The molecule has 0 aromatic carbocycles. The van der Waals surface area contributed by atoms with Gasteiger partial charge in [0.05, 0.1) is 17.5 Å². The van der Waals surface area contributed by atoms with E-state index in [9.17, 15) is 32.8 Å². The molecule has 0 bridgehead atoms. The fraction of sp³-hybridized carbons (Fsp3) is 1.00. The first-order valence-corrected chi connectivity index (χ1v) is 10.1. The van der Waals surface area contributed by atoms with Gasteiger partial charge in [-0.05, 0) is 29.1 Å². The second-order valence-corrected chi connectivity index (χ2v) is 8.36. The predicted molar refractivity (Wildman–Crippen MR) is 83.7 cm³/mol. The third-order valence-electron chi connectivity index (χ3n) is 4.70. The van der Waals surface area contributed by atoms with Crippen LogP contribution in [0.3, 0.4) is 0 Å². The number of rotatable bonds is 5. The smallest absolute Gasteiger partial charge is 0.186 e. The van der Waals surface area contributed by atoms with Crippen LogP contribution in [0.1, 0.15) is 13.8 Å². The standard InChI is InChI=1S/C13H24O11S2.Os/c1-4-5(2)22-13(9(6(4)14)25(17)18)23-8-7(15)11(16)24-12(21-3)10(8)26(19)20;/h4-16H,1-3H3,(H,17,18)(H,19,20);/p-2/t4-,5?,6+,7-,8+,9?,10?,11?,12+,13+;/m1./s1. The summed E-state index contributed by atoms with van der Waals surface area (Å²) in [4.78, 5) is 0. The van der Waals surface area contributed by atoms with E-state index in [1.165, 1.54) is 0 Å². The van der Waals surface area contributed by atoms with Crippen LogP contribution in [0.5, 0.6) is 0 Å². The molecule has 3 N–H and O–H groups in total. The molecule has 14 heteroatoms. The Balaban J connectivity index is 0.00000364. The van der Waals surface area contributed by atoms with Crippen molar-refractivity contribution in [3.63, 3.8) is 0 Å². The van der Waals surface area contributed by atoms with E-state index in [-0.39, 0.29) is 19.8 Å². The van der Waals surface area contributed by atoms with Crippen LogP contribution in [-0.2, 0) is 60.9 Å². The zero-order valence-electron chi connectivity index (χ0n) is 14.6. The second-order valence-electron chi connectivity index (χ2n) is 6.23. The van der Waals surface area contributed by atoms with Crippen LogP contribution in [0.25, 0.3) is 0 Å². The van der Waals surface area contributed by atoms with Gasteiger partial charge < -0.3 is 43.4 Å². The molecule has 2 aliphatic heterocycles. The van der Waals surface area contributed by atoms with Gasteiger partial charge >= 0.3 is 0 Å². The average molecular weight is 609 g/mol. The SMILES string of the molecule is CO[C@H]1OC(O)[C@H](O)[C@H](O[C@@H]2OC(C)[C@@H](C)[C@H](O)C2S(=O)[O-])C1S(=O)[O-].[Os]. The Hall–Kier alpha value is 0.576. The van der Waals surface area contributed by atoms with Crippen molar-refractivity contribution >= 4 is 22.2 Å². The van der Waals surface area contributed by atoms with Crippen LogP contribution in [0.15, 0.2) is 0 Å². The number of methoxy groups -OCH3 is 1. The van der Waals surface area contributed by atoms with Crippen LogP contribution in [0, 0.1) is 5.92 Å². The molecule has 6 unspecified atom stereocenters. The van der Waals surface area contributed by atoms with Gasteiger partial charge in [-0.1, -0.05) is 6.92 Å². The molecule has 27 heavy (non-hydrogen) atoms. The molecule has 0 saturated carbocycles. The second kappa shape index (κ2) is 10.6. The molecule has 162 valence electrons. The van der Waals surface area contributed by atoms with Crippen LogP contribution in [0.2, 0.25) is 0 Å². The van der Waals surface area contributed by atoms with E-state index in [2.05, 4.69) is 0 Å². The van der Waals surface area contributed by atoms with E-state index in [0.717, 1.165) is 7.11 Å². The van der Waals surface area contributed by atoms with Gasteiger partial charge in [-0.15, -0.1) is 0 Å². The van der Waals surface area contributed by atoms with Crippen LogP contribution in [0.4, 0.5) is 0 Å². The quantitative estimate of drug-likeness (QED) is 0.277. The largest absolute Gasteiger partial charge is 0.772 e. The fourth-order valence-corrected chi connectivity index (χ4v) is 4.56. The van der Waals surface area contributed by atoms with Crippen LogP contribution >= 0.6 is 0 Å². The van der Waals surface area contributed by atoms with Crippen molar-refractivity contribution in [3.05, 3.63) is 0 Å². The maximum atomic E-state index is 11.6. The molecular formula is C13H22O11OsS2-2. The molecule has 0 aliphatic carbocycles. The van der Waals surface area contributed by atoms with Gasteiger partial charge in [-0.2, -0.15) is 0 Å². The summed E-state index contributed by atoms with van der Waals surface area (Å²) in [6.07, 6.45) is -10.2. The summed E-state index contributed by atoms with van der Waals surface area (Å²) < 4.78 is 66.9. The summed E-state index contributed by atoms with van der Waals surface area (Å²) in [6, 6.07) is 0. The minimum absolute atomic E-state index is 0. The van der Waals surface area contributed by atoms with Gasteiger partial charge in [-0.3, -0.25) is 8.42 Å². The molecule has 0 spiro atoms. The van der Waals surface area contributed by atoms with E-state index >= 15 is 0 Å². The number of hydrogen-bond donors (Lipinski definition) is 3. The van der Waals surface area contributed by atoms with Crippen molar-refractivity contribution in [1.82, 2.24) is 0 Å². The minimum Gasteiger partial charge on any atom is -0.772 e.